The summed E-state index contributed by atoms with van der Waals surface area (Å²) in [4.78, 5) is 11.1. The summed E-state index contributed by atoms with van der Waals surface area (Å²) in [5.41, 5.74) is 0. The van der Waals surface area contributed by atoms with Crippen molar-refractivity contribution in [3.05, 3.63) is 0 Å². The maximum absolute atomic E-state index is 11.2. The molecule has 0 saturated carbocycles. The third-order valence-electron chi connectivity index (χ3n) is 1.82. The van der Waals surface area contributed by atoms with Gasteiger partial charge in [0.1, 0.15) is 0 Å². The fourth-order valence-corrected chi connectivity index (χ4v) is 1.72. The molecule has 5 nitrogen and oxygen atoms in total. The van der Waals surface area contributed by atoms with Crippen LogP contribution >= 0.6 is 0 Å². The Balaban J connectivity index is 3.82. The second-order valence-corrected chi connectivity index (χ2v) is 5.09. The van der Waals surface area contributed by atoms with E-state index in [9.17, 15) is 13.2 Å². The van der Waals surface area contributed by atoms with Crippen LogP contribution in [-0.4, -0.2) is 33.4 Å². The van der Waals surface area contributed by atoms with Crippen LogP contribution in [0.25, 0.3) is 0 Å². The van der Waals surface area contributed by atoms with Gasteiger partial charge < -0.3 is 4.74 Å². The zero-order valence-electron chi connectivity index (χ0n) is 9.90. The van der Waals surface area contributed by atoms with E-state index in [0.717, 1.165) is 19.3 Å². The molecule has 0 unspecified atom stereocenters. The average molecular weight is 252 g/mol. The van der Waals surface area contributed by atoms with Crippen molar-refractivity contribution in [2.45, 2.75) is 39.5 Å². The van der Waals surface area contributed by atoms with Crippen molar-refractivity contribution in [1.29, 1.82) is 0 Å². The summed E-state index contributed by atoms with van der Waals surface area (Å²) in [5, 5.41) is 0. The molecule has 0 aliphatic rings. The van der Waals surface area contributed by atoms with Crippen molar-refractivity contribution in [3.63, 3.8) is 0 Å². The fraction of sp³-hybridized carbons (Fsp3) is 0.900. The fourth-order valence-electron chi connectivity index (χ4n) is 0.888. The third kappa shape index (κ3) is 8.67. The lowest BCUT2D eigenvalue weighted by Gasteiger charge is -2.05. The number of ether oxygens (including phenoxy) is 1. The molecule has 0 N–H and O–H groups in total. The average Bonchev–Trinajstić information content (AvgIpc) is 2.17. The molecule has 0 aromatic heterocycles. The normalized spacial score (nSPS) is 11.4. The van der Waals surface area contributed by atoms with E-state index in [1.165, 1.54) is 0 Å². The largest absolute Gasteiger partial charge is 0.465 e. The minimum Gasteiger partial charge on any atom is -0.465 e. The van der Waals surface area contributed by atoms with Gasteiger partial charge in [0.25, 0.3) is 10.1 Å². The Bertz CT molecular complexity index is 284. The Morgan fingerprint density at radius 3 is 2.19 bits per heavy atom. The lowest BCUT2D eigenvalue weighted by atomic mass is 10.4. The number of hydrogen-bond donors (Lipinski definition) is 0. The molecule has 0 spiro atoms. The highest BCUT2D eigenvalue weighted by atomic mass is 32.2. The van der Waals surface area contributed by atoms with Gasteiger partial charge in [-0.25, -0.2) is 0 Å². The van der Waals surface area contributed by atoms with Crippen molar-refractivity contribution >= 4 is 16.1 Å². The second kappa shape index (κ2) is 8.52. The number of rotatable bonds is 9. The number of hydrogen-bond acceptors (Lipinski definition) is 5. The highest BCUT2D eigenvalue weighted by Gasteiger charge is 2.18. The van der Waals surface area contributed by atoms with Crippen LogP contribution in [0.1, 0.15) is 39.5 Å². The van der Waals surface area contributed by atoms with Gasteiger partial charge in [-0.1, -0.05) is 26.7 Å². The van der Waals surface area contributed by atoms with Crippen LogP contribution in [0.3, 0.4) is 0 Å². The van der Waals surface area contributed by atoms with Gasteiger partial charge in [0.05, 0.1) is 13.2 Å². The molecule has 0 aliphatic heterocycles. The number of carbonyl (C=O) groups is 1. The van der Waals surface area contributed by atoms with E-state index in [-0.39, 0.29) is 13.2 Å². The Labute approximate surface area is 97.2 Å². The van der Waals surface area contributed by atoms with Crippen LogP contribution in [-0.2, 0) is 23.8 Å². The first kappa shape index (κ1) is 15.4. The number of unbranched alkanes of at least 4 members (excludes halogenated alkanes) is 2. The van der Waals surface area contributed by atoms with Gasteiger partial charge in [-0.3, -0.25) is 8.98 Å². The molecule has 0 fully saturated rings. The van der Waals surface area contributed by atoms with E-state index < -0.39 is 21.8 Å². The van der Waals surface area contributed by atoms with E-state index in [4.69, 9.17) is 4.74 Å². The molecule has 0 aliphatic carbocycles. The monoisotopic (exact) mass is 252 g/mol. The van der Waals surface area contributed by atoms with Crippen molar-refractivity contribution < 1.29 is 22.1 Å². The van der Waals surface area contributed by atoms with Crippen LogP contribution in [0.5, 0.6) is 0 Å². The quantitative estimate of drug-likeness (QED) is 0.353. The Morgan fingerprint density at radius 1 is 1.06 bits per heavy atom. The number of esters is 1. The molecule has 16 heavy (non-hydrogen) atoms. The Morgan fingerprint density at radius 2 is 1.62 bits per heavy atom. The zero-order chi connectivity index (χ0) is 12.4. The summed E-state index contributed by atoms with van der Waals surface area (Å²) in [6.07, 6.45) is 3.14. The molecule has 0 aromatic carbocycles. The molecule has 0 atom stereocenters. The third-order valence-corrected chi connectivity index (χ3v) is 2.93. The van der Waals surface area contributed by atoms with Crippen LogP contribution in [0.2, 0.25) is 0 Å². The van der Waals surface area contributed by atoms with Gasteiger partial charge in [-0.2, -0.15) is 8.42 Å². The van der Waals surface area contributed by atoms with E-state index in [1.54, 1.807) is 0 Å². The van der Waals surface area contributed by atoms with Crippen molar-refractivity contribution in [2.75, 3.05) is 19.0 Å². The molecular formula is C10H20O5S. The Hall–Kier alpha value is -0.620. The van der Waals surface area contributed by atoms with Crippen LogP contribution in [0, 0.1) is 0 Å². The minimum absolute atomic E-state index is 0.126. The van der Waals surface area contributed by atoms with Gasteiger partial charge in [-0.05, 0) is 12.8 Å². The first-order valence-corrected chi connectivity index (χ1v) is 7.12. The predicted molar refractivity (Wildman–Crippen MR) is 60.5 cm³/mol. The summed E-state index contributed by atoms with van der Waals surface area (Å²) >= 11 is 0. The van der Waals surface area contributed by atoms with Gasteiger partial charge in [0.2, 0.25) is 0 Å². The maximum Gasteiger partial charge on any atom is 0.323 e. The van der Waals surface area contributed by atoms with Gasteiger partial charge in [-0.15, -0.1) is 0 Å². The van der Waals surface area contributed by atoms with E-state index in [1.807, 2.05) is 13.8 Å². The van der Waals surface area contributed by atoms with E-state index in [0.29, 0.717) is 6.42 Å². The lowest BCUT2D eigenvalue weighted by Crippen LogP contribution is -2.21. The summed E-state index contributed by atoms with van der Waals surface area (Å²) in [6.45, 7) is 4.27. The summed E-state index contributed by atoms with van der Waals surface area (Å²) < 4.78 is 31.8. The summed E-state index contributed by atoms with van der Waals surface area (Å²) in [5.74, 6) is -1.44. The molecule has 0 rings (SSSR count). The van der Waals surface area contributed by atoms with Crippen LogP contribution in [0.15, 0.2) is 0 Å². The Kier molecular flexibility index (Phi) is 8.19. The highest BCUT2D eigenvalue weighted by Crippen LogP contribution is 1.99. The molecular weight excluding hydrogens is 232 g/mol. The van der Waals surface area contributed by atoms with Gasteiger partial charge in [0.15, 0.2) is 5.75 Å². The molecule has 0 saturated heterocycles. The molecule has 6 heteroatoms. The smallest absolute Gasteiger partial charge is 0.323 e. The minimum atomic E-state index is -3.76. The first-order chi connectivity index (χ1) is 7.52. The number of carbonyl (C=O) groups excluding carboxylic acids is 1. The molecule has 0 radical (unpaired) electrons. The van der Waals surface area contributed by atoms with Gasteiger partial charge >= 0.3 is 5.97 Å². The van der Waals surface area contributed by atoms with Crippen LogP contribution < -0.4 is 0 Å². The maximum atomic E-state index is 11.2. The highest BCUT2D eigenvalue weighted by molar-refractivity contribution is 7.87. The summed E-state index contributed by atoms with van der Waals surface area (Å²) in [6, 6.07) is 0. The van der Waals surface area contributed by atoms with E-state index in [2.05, 4.69) is 4.18 Å². The first-order valence-electron chi connectivity index (χ1n) is 5.54. The predicted octanol–water partition coefficient (Wildman–Crippen LogP) is 1.48. The van der Waals surface area contributed by atoms with Crippen molar-refractivity contribution in [3.8, 4) is 0 Å². The molecule has 0 heterocycles. The SMILES string of the molecule is CCCCOC(=O)CS(=O)(=O)OCCCC. The second-order valence-electron chi connectivity index (χ2n) is 3.45. The topological polar surface area (TPSA) is 69.7 Å². The standard InChI is InChI=1S/C10H20O5S/c1-3-5-7-14-10(11)9-16(12,13)15-8-6-4-2/h3-9H2,1-2H3. The zero-order valence-corrected chi connectivity index (χ0v) is 10.7. The summed E-state index contributed by atoms with van der Waals surface area (Å²) in [7, 11) is -3.76. The lowest BCUT2D eigenvalue weighted by molar-refractivity contribution is -0.140. The molecule has 0 amide bonds. The molecule has 0 bridgehead atoms. The van der Waals surface area contributed by atoms with Crippen LogP contribution in [0.4, 0.5) is 0 Å². The van der Waals surface area contributed by atoms with Crippen molar-refractivity contribution in [2.24, 2.45) is 0 Å². The molecule has 0 aromatic rings. The van der Waals surface area contributed by atoms with Gasteiger partial charge in [0, 0.05) is 0 Å². The van der Waals surface area contributed by atoms with E-state index >= 15 is 0 Å². The molecule has 96 valence electrons. The van der Waals surface area contributed by atoms with Crippen molar-refractivity contribution in [1.82, 2.24) is 0 Å².